The lowest BCUT2D eigenvalue weighted by Gasteiger charge is -1.97. The van der Waals surface area contributed by atoms with E-state index in [0.29, 0.717) is 0 Å². The molecular formula is C2H18O13-2. The third-order valence-electron chi connectivity index (χ3n) is 0.167. The molecule has 0 heterocycles. The zero-order valence-electron chi connectivity index (χ0n) is 7.13. The van der Waals surface area contributed by atoms with Gasteiger partial charge in [0, 0.05) is 0 Å². The van der Waals surface area contributed by atoms with Crippen molar-refractivity contribution >= 4 is 11.9 Å². The minimum atomic E-state index is -2.19. The number of carboxylic acids is 2. The number of rotatable bonds is 0. The van der Waals surface area contributed by atoms with E-state index < -0.39 is 11.9 Å². The summed E-state index contributed by atoms with van der Waals surface area (Å²) in [6.45, 7) is 0. The van der Waals surface area contributed by atoms with Gasteiger partial charge in [-0.05, 0) is 0 Å². The third-order valence-corrected chi connectivity index (χ3v) is 0.167. The van der Waals surface area contributed by atoms with Crippen molar-refractivity contribution < 1.29 is 69.1 Å². The number of hydrogen-bond acceptors (Lipinski definition) is 4. The minimum absolute atomic E-state index is 0. The second-order valence-electron chi connectivity index (χ2n) is 0.575. The molecule has 0 aromatic rings. The van der Waals surface area contributed by atoms with E-state index in [1.165, 1.54) is 0 Å². The van der Waals surface area contributed by atoms with E-state index in [0.717, 1.165) is 0 Å². The summed E-state index contributed by atoms with van der Waals surface area (Å²) in [6, 6.07) is 0. The summed E-state index contributed by atoms with van der Waals surface area (Å²) in [4.78, 5) is 17.9. The first kappa shape index (κ1) is 168. The first-order chi connectivity index (χ1) is 2.64. The van der Waals surface area contributed by atoms with E-state index in [1.54, 1.807) is 0 Å². The van der Waals surface area contributed by atoms with Crippen molar-refractivity contribution in [3.63, 3.8) is 0 Å². The van der Waals surface area contributed by atoms with E-state index in [4.69, 9.17) is 19.8 Å². The van der Waals surface area contributed by atoms with Gasteiger partial charge in [0.2, 0.25) is 0 Å². The molecule has 0 atom stereocenters. The zero-order chi connectivity index (χ0) is 5.15. The molecule has 0 aromatic carbocycles. The highest BCUT2D eigenvalue weighted by Crippen LogP contribution is 1.41. The molecule has 13 nitrogen and oxygen atoms in total. The van der Waals surface area contributed by atoms with Crippen LogP contribution in [0.1, 0.15) is 0 Å². The fraction of sp³-hybridized carbons (Fsp3) is 0. The van der Waals surface area contributed by atoms with Gasteiger partial charge in [-0.3, -0.25) is 0 Å². The topological polar surface area (TPSA) is 364 Å². The highest BCUT2D eigenvalue weighted by atomic mass is 16.4. The van der Waals surface area contributed by atoms with Crippen LogP contribution in [0.2, 0.25) is 0 Å². The van der Waals surface area contributed by atoms with Gasteiger partial charge in [0.25, 0.3) is 0 Å². The molecule has 13 heteroatoms. The molecular weight excluding hydrogens is 232 g/mol. The first-order valence-electron chi connectivity index (χ1n) is 1.07. The zero-order valence-corrected chi connectivity index (χ0v) is 7.13. The van der Waals surface area contributed by atoms with Gasteiger partial charge in [0.05, 0.1) is 11.9 Å². The molecule has 15 heavy (non-hydrogen) atoms. The molecule has 0 aliphatic rings. The normalized spacial score (nSPS) is 2.93. The monoisotopic (exact) mass is 250 g/mol. The van der Waals surface area contributed by atoms with Gasteiger partial charge in [-0.25, -0.2) is 0 Å². The van der Waals surface area contributed by atoms with Crippen molar-refractivity contribution in [1.82, 2.24) is 0 Å². The summed E-state index contributed by atoms with van der Waals surface area (Å²) in [5.74, 6) is -4.37. The smallest absolute Gasteiger partial charge is 0.0870 e. The Morgan fingerprint density at radius 2 is 0.533 bits per heavy atom. The van der Waals surface area contributed by atoms with Crippen LogP contribution in [-0.4, -0.2) is 61.2 Å². The van der Waals surface area contributed by atoms with Crippen LogP contribution in [0, 0.1) is 0 Å². The standard InChI is InChI=1S/C2H2O4.9H2O/c3-1(4)2(5)6;;;;;;;;;/h(H,3,4)(H,5,6);9*1H2/p-2. The summed E-state index contributed by atoms with van der Waals surface area (Å²) in [7, 11) is 0. The fourth-order valence-electron chi connectivity index (χ4n) is 0. The number of hydrogen-bond donors (Lipinski definition) is 0. The lowest BCUT2D eigenvalue weighted by atomic mass is 10.7. The second-order valence-corrected chi connectivity index (χ2v) is 0.575. The first-order valence-corrected chi connectivity index (χ1v) is 1.07. The van der Waals surface area contributed by atoms with Crippen molar-refractivity contribution in [2.45, 2.75) is 0 Å². The van der Waals surface area contributed by atoms with E-state index in [1.807, 2.05) is 0 Å². The van der Waals surface area contributed by atoms with Crippen LogP contribution in [0.3, 0.4) is 0 Å². The lowest BCUT2D eigenvalue weighted by Crippen LogP contribution is -2.42. The SMILES string of the molecule is O.O.O.O.O.O.O.O.O.O=C([O-])C(=O)[O-]. The van der Waals surface area contributed by atoms with Crippen LogP contribution in [-0.2, 0) is 9.59 Å². The Morgan fingerprint density at radius 3 is 0.533 bits per heavy atom. The maximum Gasteiger partial charge on any atom is 0.0870 e. The highest BCUT2D eigenvalue weighted by molar-refractivity contribution is 6.25. The Morgan fingerprint density at radius 1 is 0.467 bits per heavy atom. The molecule has 0 saturated heterocycles. The van der Waals surface area contributed by atoms with Gasteiger partial charge in [-0.1, -0.05) is 0 Å². The molecule has 0 radical (unpaired) electrons. The molecule has 18 N–H and O–H groups in total. The molecule has 0 aliphatic heterocycles. The van der Waals surface area contributed by atoms with Crippen LogP contribution < -0.4 is 10.2 Å². The molecule has 0 aliphatic carbocycles. The van der Waals surface area contributed by atoms with E-state index in [9.17, 15) is 0 Å². The van der Waals surface area contributed by atoms with Crippen LogP contribution >= 0.6 is 0 Å². The lowest BCUT2D eigenvalue weighted by molar-refractivity contribution is -0.345. The van der Waals surface area contributed by atoms with E-state index in [-0.39, 0.29) is 49.3 Å². The highest BCUT2D eigenvalue weighted by Gasteiger charge is 1.74. The predicted octanol–water partition coefficient (Wildman–Crippen LogP) is -10.9. The van der Waals surface area contributed by atoms with Gasteiger partial charge in [0.1, 0.15) is 0 Å². The molecule has 0 aromatic heterocycles. The van der Waals surface area contributed by atoms with E-state index in [2.05, 4.69) is 0 Å². The molecule has 0 rings (SSSR count). The van der Waals surface area contributed by atoms with Gasteiger partial charge in [0.15, 0.2) is 0 Å². The van der Waals surface area contributed by atoms with Crippen LogP contribution in [0.5, 0.6) is 0 Å². The van der Waals surface area contributed by atoms with Crippen molar-refractivity contribution in [2.24, 2.45) is 0 Å². The van der Waals surface area contributed by atoms with Crippen molar-refractivity contribution in [3.05, 3.63) is 0 Å². The van der Waals surface area contributed by atoms with Gasteiger partial charge < -0.3 is 69.1 Å². The number of aliphatic carboxylic acids is 2. The van der Waals surface area contributed by atoms with Crippen molar-refractivity contribution in [1.29, 1.82) is 0 Å². The maximum absolute atomic E-state index is 8.93. The summed E-state index contributed by atoms with van der Waals surface area (Å²) in [6.07, 6.45) is 0. The summed E-state index contributed by atoms with van der Waals surface area (Å²) >= 11 is 0. The number of carbonyl (C=O) groups is 2. The average molecular weight is 250 g/mol. The van der Waals surface area contributed by atoms with Crippen LogP contribution in [0.15, 0.2) is 0 Å². The molecule has 0 bridgehead atoms. The molecule has 0 spiro atoms. The summed E-state index contributed by atoms with van der Waals surface area (Å²) in [5.41, 5.74) is 0. The van der Waals surface area contributed by atoms with Crippen molar-refractivity contribution in [3.8, 4) is 0 Å². The summed E-state index contributed by atoms with van der Waals surface area (Å²) < 4.78 is 0. The third kappa shape index (κ3) is 212. The Bertz CT molecular complexity index is 74.5. The predicted molar refractivity (Wildman–Crippen MR) is 42.5 cm³/mol. The van der Waals surface area contributed by atoms with E-state index >= 15 is 0 Å². The number of carbonyl (C=O) groups excluding carboxylic acids is 2. The molecule has 0 amide bonds. The average Bonchev–Trinajstić information content (AvgIpc) is 1.36. The quantitative estimate of drug-likeness (QED) is 0.377. The summed E-state index contributed by atoms with van der Waals surface area (Å²) in [5, 5.41) is 17.9. The molecule has 0 unspecified atom stereocenters. The Labute approximate surface area is 82.3 Å². The molecule has 106 valence electrons. The second kappa shape index (κ2) is 80.4. The van der Waals surface area contributed by atoms with Gasteiger partial charge in [-0.15, -0.1) is 0 Å². The van der Waals surface area contributed by atoms with Crippen LogP contribution in [0.4, 0.5) is 0 Å². The minimum Gasteiger partial charge on any atom is -0.543 e. The van der Waals surface area contributed by atoms with Crippen LogP contribution in [0.25, 0.3) is 0 Å². The molecule has 0 fully saturated rings. The largest absolute Gasteiger partial charge is 0.543 e. The fourth-order valence-corrected chi connectivity index (χ4v) is 0. The van der Waals surface area contributed by atoms with Gasteiger partial charge in [-0.2, -0.15) is 0 Å². The van der Waals surface area contributed by atoms with Gasteiger partial charge >= 0.3 is 0 Å². The Kier molecular flexibility index (Phi) is 899. The van der Waals surface area contributed by atoms with Crippen molar-refractivity contribution in [2.75, 3.05) is 0 Å². The Hall–Kier alpha value is -1.42. The Balaban J connectivity index is -0.00000000347. The number of carboxylic acid groups (broad SMARTS) is 2. The maximum atomic E-state index is 8.93. The molecule has 0 saturated carbocycles.